The van der Waals surface area contributed by atoms with E-state index in [1.807, 2.05) is 0 Å². The van der Waals surface area contributed by atoms with Crippen LogP contribution in [0.4, 0.5) is 0 Å². The van der Waals surface area contributed by atoms with Crippen LogP contribution in [-0.2, 0) is 0 Å². The minimum atomic E-state index is 0.0577. The highest BCUT2D eigenvalue weighted by molar-refractivity contribution is 7.20. The summed E-state index contributed by atoms with van der Waals surface area (Å²) in [4.78, 5) is 16.9. The molecule has 0 aliphatic carbocycles. The van der Waals surface area contributed by atoms with E-state index in [1.54, 1.807) is 6.07 Å². The zero-order chi connectivity index (χ0) is 14.9. The number of piperazine rings is 1. The van der Waals surface area contributed by atoms with Gasteiger partial charge in [0.1, 0.15) is 4.34 Å². The molecule has 0 radical (unpaired) electrons. The van der Waals surface area contributed by atoms with E-state index in [0.29, 0.717) is 20.8 Å². The molecule has 1 aromatic heterocycles. The summed E-state index contributed by atoms with van der Waals surface area (Å²) in [5.74, 6) is 0.0577. The molecule has 2 rings (SSSR count). The average Bonchev–Trinajstić information content (AvgIpc) is 2.68. The Labute approximate surface area is 134 Å². The molecular weight excluding hydrogens is 315 g/mol. The van der Waals surface area contributed by atoms with Crippen LogP contribution < -0.4 is 0 Å². The van der Waals surface area contributed by atoms with Crippen molar-refractivity contribution in [2.75, 3.05) is 32.7 Å². The van der Waals surface area contributed by atoms with Gasteiger partial charge in [-0.1, -0.05) is 23.2 Å². The van der Waals surface area contributed by atoms with Crippen molar-refractivity contribution in [2.24, 2.45) is 0 Å². The SMILES string of the molecule is CC(C)(C)N1CCN(CC(=O)c2cc(Cl)sc2Cl)CC1. The van der Waals surface area contributed by atoms with Gasteiger partial charge in [0.25, 0.3) is 0 Å². The number of hydrogen-bond acceptors (Lipinski definition) is 4. The fraction of sp³-hybridized carbons (Fsp3) is 0.643. The highest BCUT2D eigenvalue weighted by Crippen LogP contribution is 2.31. The van der Waals surface area contributed by atoms with Crippen LogP contribution in [0.5, 0.6) is 0 Å². The molecule has 2 heterocycles. The fourth-order valence-corrected chi connectivity index (χ4v) is 3.89. The number of thiophene rings is 1. The van der Waals surface area contributed by atoms with Crippen molar-refractivity contribution < 1.29 is 4.79 Å². The Morgan fingerprint density at radius 3 is 2.30 bits per heavy atom. The molecular formula is C14H20Cl2N2OS. The van der Waals surface area contributed by atoms with Crippen LogP contribution in [0, 0.1) is 0 Å². The Morgan fingerprint density at radius 1 is 1.25 bits per heavy atom. The lowest BCUT2D eigenvalue weighted by atomic mass is 10.0. The van der Waals surface area contributed by atoms with Crippen molar-refractivity contribution in [2.45, 2.75) is 26.3 Å². The van der Waals surface area contributed by atoms with E-state index in [2.05, 4.69) is 30.6 Å². The van der Waals surface area contributed by atoms with Crippen molar-refractivity contribution >= 4 is 40.3 Å². The third-order valence-electron chi connectivity index (χ3n) is 3.65. The van der Waals surface area contributed by atoms with E-state index in [9.17, 15) is 4.79 Å². The Hall–Kier alpha value is -0.130. The summed E-state index contributed by atoms with van der Waals surface area (Å²) in [5, 5.41) is 0. The van der Waals surface area contributed by atoms with Gasteiger partial charge >= 0.3 is 0 Å². The molecule has 1 aliphatic heterocycles. The molecule has 0 amide bonds. The number of rotatable bonds is 3. The molecule has 1 saturated heterocycles. The molecule has 0 atom stereocenters. The van der Waals surface area contributed by atoms with E-state index in [1.165, 1.54) is 11.3 Å². The first-order valence-electron chi connectivity index (χ1n) is 6.73. The lowest BCUT2D eigenvalue weighted by Crippen LogP contribution is -2.54. The first-order valence-corrected chi connectivity index (χ1v) is 8.30. The minimum absolute atomic E-state index is 0.0577. The predicted octanol–water partition coefficient (Wildman–Crippen LogP) is 3.65. The molecule has 0 spiro atoms. The zero-order valence-electron chi connectivity index (χ0n) is 12.1. The molecule has 3 nitrogen and oxygen atoms in total. The largest absolute Gasteiger partial charge is 0.296 e. The second-order valence-electron chi connectivity index (χ2n) is 6.10. The van der Waals surface area contributed by atoms with Gasteiger partial charge in [-0.3, -0.25) is 14.6 Å². The summed E-state index contributed by atoms with van der Waals surface area (Å²) in [6.07, 6.45) is 0. The normalized spacial score (nSPS) is 18.4. The second-order valence-corrected chi connectivity index (χ2v) is 8.38. The van der Waals surface area contributed by atoms with Crippen molar-refractivity contribution in [1.82, 2.24) is 9.80 Å². The topological polar surface area (TPSA) is 23.6 Å². The summed E-state index contributed by atoms with van der Waals surface area (Å²) >= 11 is 13.2. The molecule has 0 unspecified atom stereocenters. The maximum atomic E-state index is 12.2. The van der Waals surface area contributed by atoms with E-state index >= 15 is 0 Å². The number of hydrogen-bond donors (Lipinski definition) is 0. The monoisotopic (exact) mass is 334 g/mol. The van der Waals surface area contributed by atoms with Gasteiger partial charge in [-0.2, -0.15) is 0 Å². The quantitative estimate of drug-likeness (QED) is 0.788. The molecule has 0 bridgehead atoms. The van der Waals surface area contributed by atoms with Crippen LogP contribution in [0.25, 0.3) is 0 Å². The van der Waals surface area contributed by atoms with Crippen LogP contribution in [-0.4, -0.2) is 53.8 Å². The maximum Gasteiger partial charge on any atom is 0.179 e. The van der Waals surface area contributed by atoms with Gasteiger partial charge < -0.3 is 0 Å². The minimum Gasteiger partial charge on any atom is -0.296 e. The molecule has 6 heteroatoms. The smallest absolute Gasteiger partial charge is 0.179 e. The third kappa shape index (κ3) is 3.95. The van der Waals surface area contributed by atoms with Crippen LogP contribution in [0.2, 0.25) is 8.67 Å². The van der Waals surface area contributed by atoms with Crippen LogP contribution in [0.15, 0.2) is 6.07 Å². The average molecular weight is 335 g/mol. The highest BCUT2D eigenvalue weighted by Gasteiger charge is 2.27. The molecule has 0 saturated carbocycles. The molecule has 1 aromatic rings. The molecule has 0 N–H and O–H groups in total. The number of carbonyl (C=O) groups excluding carboxylic acids is 1. The summed E-state index contributed by atoms with van der Waals surface area (Å²) in [7, 11) is 0. The van der Waals surface area contributed by atoms with E-state index < -0.39 is 0 Å². The van der Waals surface area contributed by atoms with Gasteiger partial charge in [-0.05, 0) is 26.8 Å². The summed E-state index contributed by atoms with van der Waals surface area (Å²) in [6, 6.07) is 1.67. The highest BCUT2D eigenvalue weighted by atomic mass is 35.5. The summed E-state index contributed by atoms with van der Waals surface area (Å²) in [6.45, 7) is 10.9. The van der Waals surface area contributed by atoms with Crippen LogP contribution >= 0.6 is 34.5 Å². The Kier molecular flexibility index (Phi) is 5.14. The molecule has 1 aliphatic rings. The first-order chi connectivity index (χ1) is 9.27. The lowest BCUT2D eigenvalue weighted by molar-refractivity contribution is 0.0579. The van der Waals surface area contributed by atoms with Crippen molar-refractivity contribution in [3.05, 3.63) is 20.3 Å². The fourth-order valence-electron chi connectivity index (χ4n) is 2.40. The van der Waals surface area contributed by atoms with Gasteiger partial charge in [0.2, 0.25) is 0 Å². The predicted molar refractivity (Wildman–Crippen MR) is 86.4 cm³/mol. The molecule has 1 fully saturated rings. The number of ketones is 1. The van der Waals surface area contributed by atoms with Crippen LogP contribution in [0.3, 0.4) is 0 Å². The lowest BCUT2D eigenvalue weighted by Gasteiger charge is -2.42. The summed E-state index contributed by atoms with van der Waals surface area (Å²) in [5.41, 5.74) is 0.750. The van der Waals surface area contributed by atoms with Crippen LogP contribution in [0.1, 0.15) is 31.1 Å². The molecule has 0 aromatic carbocycles. The van der Waals surface area contributed by atoms with E-state index in [-0.39, 0.29) is 11.3 Å². The maximum absolute atomic E-state index is 12.2. The van der Waals surface area contributed by atoms with Gasteiger partial charge in [-0.15, -0.1) is 11.3 Å². The van der Waals surface area contributed by atoms with Crippen molar-refractivity contribution in [1.29, 1.82) is 0 Å². The van der Waals surface area contributed by atoms with Gasteiger partial charge in [-0.25, -0.2) is 0 Å². The van der Waals surface area contributed by atoms with Gasteiger partial charge in [0.15, 0.2) is 5.78 Å². The van der Waals surface area contributed by atoms with Gasteiger partial charge in [0.05, 0.1) is 16.4 Å². The Morgan fingerprint density at radius 2 is 1.85 bits per heavy atom. The third-order valence-corrected chi connectivity index (χ3v) is 5.13. The number of nitrogens with zero attached hydrogens (tertiary/aromatic N) is 2. The Bertz CT molecular complexity index is 488. The van der Waals surface area contributed by atoms with Crippen molar-refractivity contribution in [3.63, 3.8) is 0 Å². The molecule has 20 heavy (non-hydrogen) atoms. The molecule has 112 valence electrons. The van der Waals surface area contributed by atoms with E-state index in [0.717, 1.165) is 26.2 Å². The zero-order valence-corrected chi connectivity index (χ0v) is 14.4. The number of carbonyl (C=O) groups is 1. The standard InChI is InChI=1S/C14H20Cl2N2OS/c1-14(2,3)18-6-4-17(5-7-18)9-11(19)10-8-12(15)20-13(10)16/h8H,4-7,9H2,1-3H3. The number of halogens is 2. The first kappa shape index (κ1) is 16.2. The van der Waals surface area contributed by atoms with Gasteiger partial charge in [0, 0.05) is 31.7 Å². The second kappa shape index (κ2) is 6.32. The van der Waals surface area contributed by atoms with Crippen molar-refractivity contribution in [3.8, 4) is 0 Å². The number of Topliss-reactive ketones (excluding diaryl/α,β-unsaturated/α-hetero) is 1. The van der Waals surface area contributed by atoms with E-state index in [4.69, 9.17) is 23.2 Å². The Balaban J connectivity index is 1.90. The summed E-state index contributed by atoms with van der Waals surface area (Å²) < 4.78 is 1.06.